The van der Waals surface area contributed by atoms with Gasteiger partial charge in [-0.2, -0.15) is 0 Å². The smallest absolute Gasteiger partial charge is 0.159 e. The summed E-state index contributed by atoms with van der Waals surface area (Å²) < 4.78 is 25.8. The predicted octanol–water partition coefficient (Wildman–Crippen LogP) is 2.09. The van der Waals surface area contributed by atoms with Crippen LogP contribution in [0.5, 0.6) is 0 Å². The molecule has 0 atom stereocenters. The second kappa shape index (κ2) is 4.11. The van der Waals surface area contributed by atoms with Gasteiger partial charge in [0.25, 0.3) is 0 Å². The molecule has 0 radical (unpaired) electrons. The van der Waals surface area contributed by atoms with E-state index < -0.39 is 23.3 Å². The Morgan fingerprint density at radius 1 is 1.12 bits per heavy atom. The fraction of sp³-hybridized carbons (Fsp3) is 0.500. The predicted molar refractivity (Wildman–Crippen MR) is 54.7 cm³/mol. The Hall–Kier alpha value is -1.00. The lowest BCUT2D eigenvalue weighted by atomic mass is 9.78. The van der Waals surface area contributed by atoms with E-state index in [0.717, 1.165) is 12.1 Å². The van der Waals surface area contributed by atoms with Gasteiger partial charge in [-0.3, -0.25) is 0 Å². The van der Waals surface area contributed by atoms with Crippen LogP contribution in [0.4, 0.5) is 8.78 Å². The summed E-state index contributed by atoms with van der Waals surface area (Å²) in [6, 6.07) is 3.46. The average Bonchev–Trinajstić information content (AvgIpc) is 2.26. The Labute approximate surface area is 92.5 Å². The summed E-state index contributed by atoms with van der Waals surface area (Å²) in [5.74, 6) is -1.86. The Kier molecular flexibility index (Phi) is 2.95. The van der Waals surface area contributed by atoms with Crippen LogP contribution in [0.15, 0.2) is 18.2 Å². The molecule has 0 unspecified atom stereocenters. The van der Waals surface area contributed by atoms with Crippen molar-refractivity contribution in [2.45, 2.75) is 37.4 Å². The summed E-state index contributed by atoms with van der Waals surface area (Å²) in [5, 5.41) is 19.6. The zero-order valence-electron chi connectivity index (χ0n) is 8.79. The van der Waals surface area contributed by atoms with Gasteiger partial charge in [-0.1, -0.05) is 6.07 Å². The SMILES string of the molecule is O[C@H]1CC[C@@](O)(c2ccc(F)c(F)c2)CC1. The minimum atomic E-state index is -1.13. The Bertz CT molecular complexity index is 385. The third kappa shape index (κ3) is 2.08. The molecule has 1 fully saturated rings. The van der Waals surface area contributed by atoms with Gasteiger partial charge in [-0.25, -0.2) is 8.78 Å². The number of hydrogen-bond donors (Lipinski definition) is 2. The lowest BCUT2D eigenvalue weighted by Gasteiger charge is -2.34. The highest BCUT2D eigenvalue weighted by atomic mass is 19.2. The molecule has 16 heavy (non-hydrogen) atoms. The van der Waals surface area contributed by atoms with E-state index in [9.17, 15) is 19.0 Å². The van der Waals surface area contributed by atoms with Crippen molar-refractivity contribution < 1.29 is 19.0 Å². The Morgan fingerprint density at radius 3 is 2.31 bits per heavy atom. The van der Waals surface area contributed by atoms with Crippen LogP contribution in [0.25, 0.3) is 0 Å². The maximum atomic E-state index is 13.0. The fourth-order valence-electron chi connectivity index (χ4n) is 2.15. The lowest BCUT2D eigenvalue weighted by Crippen LogP contribution is -2.33. The molecule has 0 amide bonds. The van der Waals surface area contributed by atoms with Crippen LogP contribution in [-0.4, -0.2) is 16.3 Å². The van der Waals surface area contributed by atoms with Crippen LogP contribution >= 0.6 is 0 Å². The van der Waals surface area contributed by atoms with Gasteiger partial charge in [0, 0.05) is 0 Å². The van der Waals surface area contributed by atoms with Crippen molar-refractivity contribution in [1.82, 2.24) is 0 Å². The van der Waals surface area contributed by atoms with Gasteiger partial charge >= 0.3 is 0 Å². The summed E-state index contributed by atoms with van der Waals surface area (Å²) in [6.07, 6.45) is 1.31. The van der Waals surface area contributed by atoms with Gasteiger partial charge in [0.2, 0.25) is 0 Å². The van der Waals surface area contributed by atoms with E-state index in [0.29, 0.717) is 31.2 Å². The summed E-state index contributed by atoms with van der Waals surface area (Å²) in [6.45, 7) is 0. The molecule has 1 aliphatic rings. The van der Waals surface area contributed by atoms with Crippen LogP contribution in [0, 0.1) is 11.6 Å². The fourth-order valence-corrected chi connectivity index (χ4v) is 2.15. The zero-order valence-corrected chi connectivity index (χ0v) is 8.79. The van der Waals surface area contributed by atoms with Crippen molar-refractivity contribution in [2.24, 2.45) is 0 Å². The van der Waals surface area contributed by atoms with Gasteiger partial charge in [-0.05, 0) is 43.4 Å². The molecule has 0 heterocycles. The van der Waals surface area contributed by atoms with E-state index in [1.54, 1.807) is 0 Å². The molecule has 0 aromatic heterocycles. The van der Waals surface area contributed by atoms with Crippen LogP contribution < -0.4 is 0 Å². The monoisotopic (exact) mass is 228 g/mol. The Balaban J connectivity index is 2.25. The van der Waals surface area contributed by atoms with Crippen molar-refractivity contribution in [1.29, 1.82) is 0 Å². The lowest BCUT2D eigenvalue weighted by molar-refractivity contribution is -0.0363. The maximum Gasteiger partial charge on any atom is 0.159 e. The maximum absolute atomic E-state index is 13.0. The van der Waals surface area contributed by atoms with Crippen LogP contribution in [0.2, 0.25) is 0 Å². The van der Waals surface area contributed by atoms with Crippen LogP contribution in [0.3, 0.4) is 0 Å². The molecule has 1 aliphatic carbocycles. The number of rotatable bonds is 1. The largest absolute Gasteiger partial charge is 0.393 e. The van der Waals surface area contributed by atoms with Crippen LogP contribution in [0.1, 0.15) is 31.2 Å². The molecule has 1 aromatic carbocycles. The number of benzene rings is 1. The normalized spacial score (nSPS) is 30.4. The van der Waals surface area contributed by atoms with Gasteiger partial charge in [0.05, 0.1) is 11.7 Å². The van der Waals surface area contributed by atoms with Gasteiger partial charge in [0.15, 0.2) is 11.6 Å². The molecule has 0 saturated heterocycles. The minimum absolute atomic E-state index is 0.374. The Morgan fingerprint density at radius 2 is 1.75 bits per heavy atom. The number of aliphatic hydroxyl groups is 2. The van der Waals surface area contributed by atoms with Gasteiger partial charge in [0.1, 0.15) is 0 Å². The van der Waals surface area contributed by atoms with Gasteiger partial charge in [-0.15, -0.1) is 0 Å². The van der Waals surface area contributed by atoms with E-state index in [1.807, 2.05) is 0 Å². The first-order chi connectivity index (χ1) is 7.51. The van der Waals surface area contributed by atoms with E-state index >= 15 is 0 Å². The molecular weight excluding hydrogens is 214 g/mol. The zero-order chi connectivity index (χ0) is 11.8. The quantitative estimate of drug-likeness (QED) is 0.772. The summed E-state index contributed by atoms with van der Waals surface area (Å²) in [5.41, 5.74) is -0.744. The van der Waals surface area contributed by atoms with E-state index in [2.05, 4.69) is 0 Å². The molecule has 88 valence electrons. The molecule has 1 saturated carbocycles. The minimum Gasteiger partial charge on any atom is -0.393 e. The average molecular weight is 228 g/mol. The first-order valence-electron chi connectivity index (χ1n) is 5.37. The highest BCUT2D eigenvalue weighted by Gasteiger charge is 2.34. The molecule has 0 bridgehead atoms. The summed E-state index contributed by atoms with van der Waals surface area (Å²) in [4.78, 5) is 0. The first-order valence-corrected chi connectivity index (χ1v) is 5.37. The molecular formula is C12H14F2O2. The second-order valence-electron chi connectivity index (χ2n) is 4.39. The van der Waals surface area contributed by atoms with E-state index in [4.69, 9.17) is 0 Å². The highest BCUT2D eigenvalue weighted by Crippen LogP contribution is 2.37. The van der Waals surface area contributed by atoms with E-state index in [-0.39, 0.29) is 0 Å². The topological polar surface area (TPSA) is 40.5 Å². The number of hydrogen-bond acceptors (Lipinski definition) is 2. The summed E-state index contributed by atoms with van der Waals surface area (Å²) >= 11 is 0. The van der Waals surface area contributed by atoms with Crippen molar-refractivity contribution in [3.8, 4) is 0 Å². The standard InChI is InChI=1S/C12H14F2O2/c13-10-2-1-8(7-11(10)14)12(16)5-3-9(15)4-6-12/h1-2,7,9,15-16H,3-6H2/t9-,12-. The third-order valence-electron chi connectivity index (χ3n) is 3.24. The number of halogens is 2. The summed E-state index contributed by atoms with van der Waals surface area (Å²) in [7, 11) is 0. The molecule has 0 spiro atoms. The molecule has 2 rings (SSSR count). The molecule has 0 aliphatic heterocycles. The molecule has 2 N–H and O–H groups in total. The van der Waals surface area contributed by atoms with Crippen LogP contribution in [-0.2, 0) is 5.60 Å². The van der Waals surface area contributed by atoms with Crippen molar-refractivity contribution in [3.63, 3.8) is 0 Å². The molecule has 4 heteroatoms. The molecule has 2 nitrogen and oxygen atoms in total. The third-order valence-corrected chi connectivity index (χ3v) is 3.24. The highest BCUT2D eigenvalue weighted by molar-refractivity contribution is 5.24. The first kappa shape index (κ1) is 11.5. The van der Waals surface area contributed by atoms with Crippen molar-refractivity contribution in [2.75, 3.05) is 0 Å². The van der Waals surface area contributed by atoms with E-state index in [1.165, 1.54) is 6.07 Å². The molecule has 1 aromatic rings. The number of aliphatic hydroxyl groups excluding tert-OH is 1. The van der Waals surface area contributed by atoms with Crippen molar-refractivity contribution in [3.05, 3.63) is 35.4 Å². The van der Waals surface area contributed by atoms with Gasteiger partial charge < -0.3 is 10.2 Å². The van der Waals surface area contributed by atoms with Crippen molar-refractivity contribution >= 4 is 0 Å². The second-order valence-corrected chi connectivity index (χ2v) is 4.39.